The van der Waals surface area contributed by atoms with Crippen LogP contribution in [0.15, 0.2) is 44.5 Å². The molecule has 3 aromatic rings. The molecule has 2 aromatic heterocycles. The molecule has 3 nitrogen and oxygen atoms in total. The zero-order valence-corrected chi connectivity index (χ0v) is 15.4. The van der Waals surface area contributed by atoms with Gasteiger partial charge in [-0.15, -0.1) is 11.3 Å². The van der Waals surface area contributed by atoms with Gasteiger partial charge in [-0.05, 0) is 29.5 Å². The number of alkyl halides is 2. The zero-order valence-electron chi connectivity index (χ0n) is 13.0. The molecule has 1 aromatic carbocycles. The number of nitrogens with zero attached hydrogens (tertiary/aromatic N) is 2. The first-order chi connectivity index (χ1) is 11.5. The fraction of sp³-hybridized carbons (Fsp3) is 0.250. The van der Waals surface area contributed by atoms with Crippen molar-refractivity contribution in [2.24, 2.45) is 7.05 Å². The van der Waals surface area contributed by atoms with E-state index in [1.165, 1.54) is 27.7 Å². The first kappa shape index (κ1) is 17.4. The lowest BCUT2D eigenvalue weighted by atomic mass is 10.2. The van der Waals surface area contributed by atoms with E-state index in [1.54, 1.807) is 19.2 Å². The van der Waals surface area contributed by atoms with E-state index in [2.05, 4.69) is 4.98 Å². The summed E-state index contributed by atoms with van der Waals surface area (Å²) in [7, 11) is 1.69. The van der Waals surface area contributed by atoms with Crippen molar-refractivity contribution >= 4 is 45.1 Å². The average molecular weight is 384 g/mol. The third kappa shape index (κ3) is 3.50. The van der Waals surface area contributed by atoms with Crippen molar-refractivity contribution in [3.63, 3.8) is 0 Å². The van der Waals surface area contributed by atoms with Gasteiger partial charge >= 0.3 is 0 Å². The molecule has 24 heavy (non-hydrogen) atoms. The highest BCUT2D eigenvalue weighted by molar-refractivity contribution is 8.00. The predicted molar refractivity (Wildman–Crippen MR) is 97.5 cm³/mol. The molecule has 0 amide bonds. The van der Waals surface area contributed by atoms with Crippen molar-refractivity contribution in [2.45, 2.75) is 28.5 Å². The van der Waals surface area contributed by atoms with E-state index < -0.39 is 5.76 Å². The largest absolute Gasteiger partial charge is 0.290 e. The molecule has 0 fully saturated rings. The highest BCUT2D eigenvalue weighted by Crippen LogP contribution is 2.32. The van der Waals surface area contributed by atoms with Crippen LogP contribution in [0.4, 0.5) is 8.78 Å². The molecule has 0 bridgehead atoms. The summed E-state index contributed by atoms with van der Waals surface area (Å²) in [6, 6.07) is 7.08. The highest BCUT2D eigenvalue weighted by Gasteiger charge is 2.14. The monoisotopic (exact) mass is 384 g/mol. The lowest BCUT2D eigenvalue weighted by Crippen LogP contribution is -2.19. The topological polar surface area (TPSA) is 34.9 Å². The molecule has 0 N–H and O–H groups in total. The maximum absolute atomic E-state index is 12.7. The molecule has 0 saturated heterocycles. The lowest BCUT2D eigenvalue weighted by Gasteiger charge is -2.10. The molecule has 0 unspecified atom stereocenters. The average Bonchev–Trinajstić information content (AvgIpc) is 2.91. The summed E-state index contributed by atoms with van der Waals surface area (Å²) in [4.78, 5) is 18.3. The van der Waals surface area contributed by atoms with Crippen molar-refractivity contribution < 1.29 is 8.78 Å². The third-order valence-corrected chi connectivity index (χ3v) is 6.40. The molecule has 2 heterocycles. The van der Waals surface area contributed by atoms with Crippen molar-refractivity contribution in [3.8, 4) is 0 Å². The second-order valence-electron chi connectivity index (χ2n) is 5.13. The summed E-state index contributed by atoms with van der Waals surface area (Å²) in [6.07, 6.45) is 0. The molecule has 0 saturated carbocycles. The van der Waals surface area contributed by atoms with Crippen LogP contribution < -0.4 is 5.56 Å². The normalized spacial score (nSPS) is 11.5. The first-order valence-corrected chi connectivity index (χ1v) is 9.82. The summed E-state index contributed by atoms with van der Waals surface area (Å²) in [5, 5.41) is 3.16. The van der Waals surface area contributed by atoms with Gasteiger partial charge in [-0.2, -0.15) is 8.78 Å². The Morgan fingerprint density at radius 1 is 1.33 bits per heavy atom. The minimum Gasteiger partial charge on any atom is -0.290 e. The van der Waals surface area contributed by atoms with E-state index in [0.717, 1.165) is 11.1 Å². The predicted octanol–water partition coefficient (Wildman–Crippen LogP) is 4.91. The van der Waals surface area contributed by atoms with Crippen LogP contribution in [0.5, 0.6) is 0 Å². The summed E-state index contributed by atoms with van der Waals surface area (Å²) in [5.74, 6) is -1.98. The SMILES string of the molecule is Cc1csc2nc(SCc3ccccc3SC(F)F)n(C)c(=O)c12. The number of hydrogen-bond donors (Lipinski definition) is 0. The molecule has 0 aliphatic heterocycles. The van der Waals surface area contributed by atoms with Crippen LogP contribution in [0.1, 0.15) is 11.1 Å². The Hall–Kier alpha value is -1.38. The van der Waals surface area contributed by atoms with Gasteiger partial charge in [0, 0.05) is 17.7 Å². The van der Waals surface area contributed by atoms with Crippen LogP contribution in [0, 0.1) is 6.92 Å². The Morgan fingerprint density at radius 3 is 2.83 bits per heavy atom. The number of aromatic nitrogens is 2. The van der Waals surface area contributed by atoms with Crippen LogP contribution in [0.2, 0.25) is 0 Å². The van der Waals surface area contributed by atoms with E-state index in [1.807, 2.05) is 24.4 Å². The maximum Gasteiger partial charge on any atom is 0.288 e. The van der Waals surface area contributed by atoms with Crippen LogP contribution in [0.25, 0.3) is 10.2 Å². The highest BCUT2D eigenvalue weighted by atomic mass is 32.2. The smallest absolute Gasteiger partial charge is 0.288 e. The number of thioether (sulfide) groups is 2. The summed E-state index contributed by atoms with van der Waals surface area (Å²) >= 11 is 3.36. The van der Waals surface area contributed by atoms with Crippen LogP contribution in [0.3, 0.4) is 0 Å². The van der Waals surface area contributed by atoms with Gasteiger partial charge in [0.2, 0.25) is 0 Å². The number of rotatable bonds is 5. The van der Waals surface area contributed by atoms with Crippen LogP contribution >= 0.6 is 34.9 Å². The van der Waals surface area contributed by atoms with Crippen LogP contribution in [-0.2, 0) is 12.8 Å². The Morgan fingerprint density at radius 2 is 2.08 bits per heavy atom. The number of thiophene rings is 1. The summed E-state index contributed by atoms with van der Waals surface area (Å²) in [5.41, 5.74) is 1.67. The van der Waals surface area contributed by atoms with Gasteiger partial charge in [-0.3, -0.25) is 9.36 Å². The number of aryl methyl sites for hydroxylation is 1. The van der Waals surface area contributed by atoms with Crippen molar-refractivity contribution in [2.75, 3.05) is 0 Å². The minimum absolute atomic E-state index is 0.0727. The molecular weight excluding hydrogens is 370 g/mol. The summed E-state index contributed by atoms with van der Waals surface area (Å²) in [6.45, 7) is 1.90. The van der Waals surface area contributed by atoms with Gasteiger partial charge in [-0.25, -0.2) is 4.98 Å². The summed E-state index contributed by atoms with van der Waals surface area (Å²) < 4.78 is 26.8. The molecule has 0 atom stereocenters. The van der Waals surface area contributed by atoms with E-state index >= 15 is 0 Å². The van der Waals surface area contributed by atoms with Gasteiger partial charge in [0.05, 0.1) is 5.39 Å². The second kappa shape index (κ2) is 7.25. The molecule has 0 spiro atoms. The lowest BCUT2D eigenvalue weighted by molar-refractivity contribution is 0.252. The van der Waals surface area contributed by atoms with E-state index in [9.17, 15) is 13.6 Å². The Balaban J connectivity index is 1.89. The number of benzene rings is 1. The third-order valence-electron chi connectivity index (χ3n) is 3.50. The standard InChI is InChI=1S/C16H14F2N2OS3/c1-9-7-22-13-12(9)14(21)20(2)16(19-13)23-8-10-5-3-4-6-11(10)24-15(17)18/h3-7,15H,8H2,1-2H3. The second-order valence-corrected chi connectivity index (χ2v) is 7.96. The number of hydrogen-bond acceptors (Lipinski definition) is 5. The quantitative estimate of drug-likeness (QED) is 0.462. The van der Waals surface area contributed by atoms with Crippen molar-refractivity contribution in [1.82, 2.24) is 9.55 Å². The minimum atomic E-state index is -2.45. The Bertz CT molecular complexity index is 937. The zero-order chi connectivity index (χ0) is 17.3. The Labute approximate surface area is 150 Å². The maximum atomic E-state index is 12.7. The molecule has 0 aliphatic carbocycles. The van der Waals surface area contributed by atoms with Crippen molar-refractivity contribution in [3.05, 3.63) is 51.1 Å². The fourth-order valence-corrected chi connectivity index (χ4v) is 4.97. The van der Waals surface area contributed by atoms with E-state index in [-0.39, 0.29) is 5.56 Å². The molecule has 0 radical (unpaired) electrons. The number of fused-ring (bicyclic) bond motifs is 1. The molecule has 126 valence electrons. The number of halogens is 2. The van der Waals surface area contributed by atoms with E-state index in [4.69, 9.17) is 0 Å². The van der Waals surface area contributed by atoms with E-state index in [0.29, 0.717) is 37.8 Å². The van der Waals surface area contributed by atoms with Gasteiger partial charge in [0.1, 0.15) is 4.83 Å². The van der Waals surface area contributed by atoms with Crippen molar-refractivity contribution in [1.29, 1.82) is 0 Å². The first-order valence-electron chi connectivity index (χ1n) is 7.07. The van der Waals surface area contributed by atoms with Crippen LogP contribution in [-0.4, -0.2) is 15.3 Å². The van der Waals surface area contributed by atoms with Gasteiger partial charge in [0.25, 0.3) is 11.3 Å². The van der Waals surface area contributed by atoms with Gasteiger partial charge < -0.3 is 0 Å². The fourth-order valence-electron chi connectivity index (χ4n) is 2.29. The molecular formula is C16H14F2N2OS3. The van der Waals surface area contributed by atoms with Gasteiger partial charge in [-0.1, -0.05) is 41.7 Å². The molecule has 0 aliphatic rings. The molecule has 8 heteroatoms. The Kier molecular flexibility index (Phi) is 5.27. The molecule has 3 rings (SSSR count). The van der Waals surface area contributed by atoms with Gasteiger partial charge in [0.15, 0.2) is 5.16 Å².